The summed E-state index contributed by atoms with van der Waals surface area (Å²) in [4.78, 5) is 0. The molecule has 2 aromatic rings. The molecule has 100 valence electrons. The summed E-state index contributed by atoms with van der Waals surface area (Å²) in [6, 6.07) is 14.7. The van der Waals surface area contributed by atoms with Crippen LogP contribution in [0.25, 0.3) is 5.76 Å². The summed E-state index contributed by atoms with van der Waals surface area (Å²) in [6.45, 7) is 3.79. The Morgan fingerprint density at radius 3 is 2.50 bits per heavy atom. The SMILES string of the molecule is C=C(OC)c1cc(O)cc(Cc2ccc(C#N)cc2)c1. The van der Waals surface area contributed by atoms with Crippen LogP contribution < -0.4 is 0 Å². The molecule has 0 aliphatic carbocycles. The highest BCUT2D eigenvalue weighted by Crippen LogP contribution is 2.23. The molecule has 0 bridgehead atoms. The van der Waals surface area contributed by atoms with Crippen LogP contribution in [-0.2, 0) is 11.2 Å². The highest BCUT2D eigenvalue weighted by atomic mass is 16.5. The predicted molar refractivity (Wildman–Crippen MR) is 78.1 cm³/mol. The first-order chi connectivity index (χ1) is 9.62. The van der Waals surface area contributed by atoms with Crippen molar-refractivity contribution in [1.82, 2.24) is 0 Å². The molecule has 0 fully saturated rings. The Morgan fingerprint density at radius 1 is 1.20 bits per heavy atom. The van der Waals surface area contributed by atoms with E-state index in [1.165, 1.54) is 0 Å². The zero-order valence-electron chi connectivity index (χ0n) is 11.3. The monoisotopic (exact) mass is 265 g/mol. The largest absolute Gasteiger partial charge is 0.508 e. The van der Waals surface area contributed by atoms with Gasteiger partial charge in [-0.2, -0.15) is 5.26 Å². The standard InChI is InChI=1S/C17H15NO2/c1-12(20-2)16-8-15(9-17(19)10-16)7-13-3-5-14(11-18)6-4-13/h3-6,8-10,19H,1,7H2,2H3. The van der Waals surface area contributed by atoms with E-state index in [2.05, 4.69) is 12.6 Å². The van der Waals surface area contributed by atoms with E-state index in [0.29, 0.717) is 17.7 Å². The van der Waals surface area contributed by atoms with E-state index in [4.69, 9.17) is 10.00 Å². The minimum Gasteiger partial charge on any atom is -0.508 e. The highest BCUT2D eigenvalue weighted by molar-refractivity contribution is 5.60. The van der Waals surface area contributed by atoms with Gasteiger partial charge in [-0.3, -0.25) is 0 Å². The van der Waals surface area contributed by atoms with Gasteiger partial charge >= 0.3 is 0 Å². The van der Waals surface area contributed by atoms with Crippen molar-refractivity contribution >= 4 is 5.76 Å². The zero-order valence-corrected chi connectivity index (χ0v) is 11.3. The van der Waals surface area contributed by atoms with Crippen LogP contribution in [0.5, 0.6) is 5.75 Å². The van der Waals surface area contributed by atoms with Crippen LogP contribution in [0.2, 0.25) is 0 Å². The van der Waals surface area contributed by atoms with E-state index < -0.39 is 0 Å². The minimum absolute atomic E-state index is 0.185. The number of aromatic hydroxyl groups is 1. The minimum atomic E-state index is 0.185. The van der Waals surface area contributed by atoms with Crippen molar-refractivity contribution in [2.45, 2.75) is 6.42 Å². The van der Waals surface area contributed by atoms with E-state index in [-0.39, 0.29) is 5.75 Å². The molecule has 20 heavy (non-hydrogen) atoms. The van der Waals surface area contributed by atoms with E-state index in [0.717, 1.165) is 16.7 Å². The Labute approximate surface area is 118 Å². The fourth-order valence-corrected chi connectivity index (χ4v) is 1.99. The second kappa shape index (κ2) is 5.94. The summed E-state index contributed by atoms with van der Waals surface area (Å²) < 4.78 is 5.09. The lowest BCUT2D eigenvalue weighted by Gasteiger charge is -2.09. The third-order valence-electron chi connectivity index (χ3n) is 3.04. The molecule has 0 amide bonds. The van der Waals surface area contributed by atoms with Crippen LogP contribution in [0.15, 0.2) is 49.0 Å². The van der Waals surface area contributed by atoms with E-state index in [1.54, 1.807) is 31.4 Å². The fraction of sp³-hybridized carbons (Fsp3) is 0.118. The lowest BCUT2D eigenvalue weighted by Crippen LogP contribution is -1.92. The van der Waals surface area contributed by atoms with Crippen molar-refractivity contribution in [3.05, 3.63) is 71.3 Å². The van der Waals surface area contributed by atoms with Crippen molar-refractivity contribution in [1.29, 1.82) is 5.26 Å². The van der Waals surface area contributed by atoms with Crippen LogP contribution >= 0.6 is 0 Å². The van der Waals surface area contributed by atoms with E-state index in [9.17, 15) is 5.11 Å². The molecule has 2 rings (SSSR count). The molecule has 1 N–H and O–H groups in total. The predicted octanol–water partition coefficient (Wildman–Crippen LogP) is 3.47. The number of methoxy groups -OCH3 is 1. The summed E-state index contributed by atoms with van der Waals surface area (Å²) in [7, 11) is 1.55. The average Bonchev–Trinajstić information content (AvgIpc) is 2.46. The Morgan fingerprint density at radius 2 is 1.90 bits per heavy atom. The second-order valence-electron chi connectivity index (χ2n) is 4.50. The Bertz CT molecular complexity index is 666. The number of hydrogen-bond acceptors (Lipinski definition) is 3. The first-order valence-corrected chi connectivity index (χ1v) is 6.17. The number of benzene rings is 2. The molecule has 0 heterocycles. The van der Waals surface area contributed by atoms with Gasteiger partial charge in [0, 0.05) is 5.56 Å². The molecule has 0 atom stereocenters. The molecular weight excluding hydrogens is 250 g/mol. The molecule has 3 heteroatoms. The van der Waals surface area contributed by atoms with Crippen LogP contribution in [0.1, 0.15) is 22.3 Å². The van der Waals surface area contributed by atoms with Crippen molar-refractivity contribution < 1.29 is 9.84 Å². The number of nitrogens with zero attached hydrogens (tertiary/aromatic N) is 1. The summed E-state index contributed by atoms with van der Waals surface area (Å²) in [5, 5.41) is 18.5. The van der Waals surface area contributed by atoms with Gasteiger partial charge in [0.1, 0.15) is 11.5 Å². The summed E-state index contributed by atoms with van der Waals surface area (Å²) in [5.41, 5.74) is 3.43. The molecular formula is C17H15NO2. The Balaban J connectivity index is 2.26. The smallest absolute Gasteiger partial charge is 0.119 e. The summed E-state index contributed by atoms with van der Waals surface area (Å²) in [5.74, 6) is 0.700. The molecule has 2 aromatic carbocycles. The third-order valence-corrected chi connectivity index (χ3v) is 3.04. The summed E-state index contributed by atoms with van der Waals surface area (Å²) in [6.07, 6.45) is 0.671. The molecule has 0 aliphatic rings. The van der Waals surface area contributed by atoms with Crippen LogP contribution in [0, 0.1) is 11.3 Å². The van der Waals surface area contributed by atoms with Gasteiger partial charge in [0.05, 0.1) is 18.7 Å². The first kappa shape index (κ1) is 13.7. The maximum Gasteiger partial charge on any atom is 0.119 e. The van der Waals surface area contributed by atoms with Gasteiger partial charge in [-0.1, -0.05) is 18.7 Å². The molecule has 0 aliphatic heterocycles. The molecule has 0 radical (unpaired) electrons. The normalized spacial score (nSPS) is 9.80. The van der Waals surface area contributed by atoms with Crippen molar-refractivity contribution in [2.75, 3.05) is 7.11 Å². The first-order valence-electron chi connectivity index (χ1n) is 6.17. The fourth-order valence-electron chi connectivity index (χ4n) is 1.99. The number of ether oxygens (including phenoxy) is 1. The van der Waals surface area contributed by atoms with Crippen LogP contribution in [0.3, 0.4) is 0 Å². The molecule has 0 unspecified atom stereocenters. The van der Waals surface area contributed by atoms with Gasteiger partial charge in [0.2, 0.25) is 0 Å². The van der Waals surface area contributed by atoms with Crippen molar-refractivity contribution in [3.8, 4) is 11.8 Å². The maximum atomic E-state index is 9.76. The number of rotatable bonds is 4. The van der Waals surface area contributed by atoms with Gasteiger partial charge in [-0.25, -0.2) is 0 Å². The van der Waals surface area contributed by atoms with Gasteiger partial charge in [0.15, 0.2) is 0 Å². The average molecular weight is 265 g/mol. The summed E-state index contributed by atoms with van der Waals surface area (Å²) >= 11 is 0. The third kappa shape index (κ3) is 3.18. The molecule has 3 nitrogen and oxygen atoms in total. The lowest BCUT2D eigenvalue weighted by molar-refractivity contribution is 0.371. The van der Waals surface area contributed by atoms with Crippen LogP contribution in [-0.4, -0.2) is 12.2 Å². The molecule has 0 aromatic heterocycles. The molecule has 0 spiro atoms. The second-order valence-corrected chi connectivity index (χ2v) is 4.50. The van der Waals surface area contributed by atoms with E-state index in [1.807, 2.05) is 18.2 Å². The van der Waals surface area contributed by atoms with E-state index >= 15 is 0 Å². The lowest BCUT2D eigenvalue weighted by atomic mass is 10.0. The Hall–Kier alpha value is -2.73. The number of hydrogen-bond donors (Lipinski definition) is 1. The van der Waals surface area contributed by atoms with Crippen LogP contribution in [0.4, 0.5) is 0 Å². The number of nitriles is 1. The maximum absolute atomic E-state index is 9.76. The number of phenolic OH excluding ortho intramolecular Hbond substituents is 1. The highest BCUT2D eigenvalue weighted by Gasteiger charge is 2.05. The van der Waals surface area contributed by atoms with Crippen molar-refractivity contribution in [3.63, 3.8) is 0 Å². The topological polar surface area (TPSA) is 53.2 Å². The molecule has 0 saturated carbocycles. The van der Waals surface area contributed by atoms with Gasteiger partial charge in [-0.05, 0) is 47.9 Å². The zero-order chi connectivity index (χ0) is 14.5. The Kier molecular flexibility index (Phi) is 4.07. The molecule has 0 saturated heterocycles. The number of phenols is 1. The van der Waals surface area contributed by atoms with Gasteiger partial charge in [-0.15, -0.1) is 0 Å². The van der Waals surface area contributed by atoms with Crippen molar-refractivity contribution in [2.24, 2.45) is 0 Å². The quantitative estimate of drug-likeness (QED) is 0.861. The van der Waals surface area contributed by atoms with Gasteiger partial charge in [0.25, 0.3) is 0 Å². The van der Waals surface area contributed by atoms with Gasteiger partial charge < -0.3 is 9.84 Å².